The molecule has 1 aliphatic heterocycles. The second kappa shape index (κ2) is 10.8. The van der Waals surface area contributed by atoms with Gasteiger partial charge in [-0.25, -0.2) is 0 Å². The topological polar surface area (TPSA) is 132 Å². The van der Waals surface area contributed by atoms with E-state index in [1.165, 1.54) is 6.20 Å². The van der Waals surface area contributed by atoms with Crippen molar-refractivity contribution >= 4 is 37.2 Å². The van der Waals surface area contributed by atoms with Crippen LogP contribution in [0.2, 0.25) is 4.71 Å². The number of carbonyl (C=O) groups is 1. The number of nitriles is 1. The molecule has 1 saturated heterocycles. The van der Waals surface area contributed by atoms with Gasteiger partial charge < -0.3 is 0 Å². The molecule has 0 saturated carbocycles. The van der Waals surface area contributed by atoms with E-state index in [0.29, 0.717) is 52.9 Å². The minimum atomic E-state index is -0.607. The van der Waals surface area contributed by atoms with Gasteiger partial charge in [0.1, 0.15) is 0 Å². The molecule has 1 amide bonds. The quantitative estimate of drug-likeness (QED) is 0.318. The Morgan fingerprint density at radius 1 is 1.21 bits per heavy atom. The van der Waals surface area contributed by atoms with Crippen LogP contribution in [-0.4, -0.2) is 77.0 Å². The van der Waals surface area contributed by atoms with Crippen molar-refractivity contribution in [1.82, 2.24) is 29.8 Å². The van der Waals surface area contributed by atoms with Crippen molar-refractivity contribution in [3.63, 3.8) is 0 Å². The van der Waals surface area contributed by atoms with Crippen molar-refractivity contribution in [2.24, 2.45) is 0 Å². The van der Waals surface area contributed by atoms with Gasteiger partial charge in [-0.05, 0) is 0 Å². The van der Waals surface area contributed by atoms with Gasteiger partial charge in [-0.15, -0.1) is 0 Å². The van der Waals surface area contributed by atoms with E-state index in [0.717, 1.165) is 15.3 Å². The van der Waals surface area contributed by atoms with Gasteiger partial charge in [-0.3, -0.25) is 0 Å². The van der Waals surface area contributed by atoms with Crippen LogP contribution >= 0.6 is 0 Å². The van der Waals surface area contributed by atoms with Crippen molar-refractivity contribution in [1.29, 1.82) is 5.26 Å². The zero-order valence-electron chi connectivity index (χ0n) is 22.5. The van der Waals surface area contributed by atoms with Gasteiger partial charge in [0, 0.05) is 0 Å². The standard InChI is InChI=1S/C27H29AsN7O4/c1-16(2)28-20-9-24(35-25-18(13-32-35)8-17(11-29)12-31-25)30-14-19(20)23-10-21(33-39-23)22-15-37-7-6-34(22)26(36)38-27(3,4)5/h8-10,12-14,16,22H,6-7,15H2,1-5H3. The number of aromatic nitrogens is 5. The van der Waals surface area contributed by atoms with Crippen LogP contribution in [0.15, 0.2) is 41.3 Å². The molecular weight excluding hydrogens is 561 g/mol. The summed E-state index contributed by atoms with van der Waals surface area (Å²) in [6, 6.07) is 7.31. The number of morpholine rings is 1. The van der Waals surface area contributed by atoms with Gasteiger partial charge in [0.2, 0.25) is 0 Å². The van der Waals surface area contributed by atoms with Crippen LogP contribution < -0.4 is 4.35 Å². The average Bonchev–Trinajstić information content (AvgIpc) is 3.54. The van der Waals surface area contributed by atoms with E-state index in [4.69, 9.17) is 14.0 Å². The normalized spacial score (nSPS) is 16.3. The first-order valence-corrected chi connectivity index (χ1v) is 14.6. The van der Waals surface area contributed by atoms with E-state index in [-0.39, 0.29) is 15.8 Å². The Kier molecular flexibility index (Phi) is 7.43. The fourth-order valence-electron chi connectivity index (χ4n) is 4.24. The van der Waals surface area contributed by atoms with Crippen LogP contribution in [0.25, 0.3) is 28.2 Å². The molecule has 1 unspecified atom stereocenters. The Hall–Kier alpha value is -3.74. The van der Waals surface area contributed by atoms with Crippen LogP contribution in [0.4, 0.5) is 4.79 Å². The molecule has 12 heteroatoms. The summed E-state index contributed by atoms with van der Waals surface area (Å²) in [7, 11) is 0. The molecule has 1 fully saturated rings. The molecule has 39 heavy (non-hydrogen) atoms. The van der Waals surface area contributed by atoms with E-state index in [2.05, 4.69) is 40.1 Å². The zero-order chi connectivity index (χ0) is 27.7. The first-order chi connectivity index (χ1) is 18.6. The predicted molar refractivity (Wildman–Crippen MR) is 144 cm³/mol. The van der Waals surface area contributed by atoms with E-state index in [1.807, 2.05) is 32.9 Å². The maximum atomic E-state index is 12.9. The van der Waals surface area contributed by atoms with Crippen LogP contribution in [0.1, 0.15) is 51.9 Å². The van der Waals surface area contributed by atoms with Crippen molar-refractivity contribution in [3.05, 3.63) is 48.0 Å². The number of fused-ring (bicyclic) bond motifs is 1. The van der Waals surface area contributed by atoms with Gasteiger partial charge >= 0.3 is 233 Å². The molecule has 4 aromatic rings. The first-order valence-electron chi connectivity index (χ1n) is 12.6. The van der Waals surface area contributed by atoms with Gasteiger partial charge in [0.05, 0.1) is 0 Å². The molecule has 0 N–H and O–H groups in total. The fourth-order valence-corrected chi connectivity index (χ4v) is 6.45. The molecule has 1 radical (unpaired) electrons. The number of ether oxygens (including phenoxy) is 2. The van der Waals surface area contributed by atoms with Crippen LogP contribution in [-0.2, 0) is 9.47 Å². The number of rotatable bonds is 5. The number of hydrogen-bond acceptors (Lipinski definition) is 9. The second-order valence-corrected chi connectivity index (χ2v) is 14.2. The summed E-state index contributed by atoms with van der Waals surface area (Å²) in [5.74, 6) is 1.21. The second-order valence-electron chi connectivity index (χ2n) is 10.5. The Balaban J connectivity index is 1.48. The van der Waals surface area contributed by atoms with E-state index >= 15 is 0 Å². The molecule has 0 bridgehead atoms. The fraction of sp³-hybridized carbons (Fsp3) is 0.407. The van der Waals surface area contributed by atoms with Crippen LogP contribution in [0.3, 0.4) is 0 Å². The van der Waals surface area contributed by atoms with Crippen molar-refractivity contribution in [3.8, 4) is 23.2 Å². The Morgan fingerprint density at radius 2 is 2.03 bits per heavy atom. The summed E-state index contributed by atoms with van der Waals surface area (Å²) in [5, 5.41) is 18.7. The molecule has 0 spiro atoms. The van der Waals surface area contributed by atoms with E-state index in [9.17, 15) is 10.1 Å². The number of carbonyl (C=O) groups excluding carboxylic acids is 1. The predicted octanol–water partition coefficient (Wildman–Crippen LogP) is 3.81. The molecule has 201 valence electrons. The molecule has 5 rings (SSSR count). The monoisotopic (exact) mass is 590 g/mol. The summed E-state index contributed by atoms with van der Waals surface area (Å²) in [4.78, 5) is 23.6. The van der Waals surface area contributed by atoms with Crippen LogP contribution in [0.5, 0.6) is 0 Å². The summed E-state index contributed by atoms with van der Waals surface area (Å²) in [5.41, 5.74) is 1.95. The molecule has 11 nitrogen and oxygen atoms in total. The number of amides is 1. The Morgan fingerprint density at radius 3 is 2.77 bits per heavy atom. The number of nitrogens with zero attached hydrogens (tertiary/aromatic N) is 7. The third-order valence-corrected chi connectivity index (χ3v) is 8.35. The molecule has 1 aliphatic rings. The van der Waals surface area contributed by atoms with Gasteiger partial charge in [-0.2, -0.15) is 0 Å². The first kappa shape index (κ1) is 26.8. The SMILES string of the molecule is CC(C)[As]c1cc(-n2ncc3cc(C#N)cnc32)ncc1-c1cc(C2COCCN2C(=O)OC(C)(C)C)no1. The Labute approximate surface area is 232 Å². The van der Waals surface area contributed by atoms with Gasteiger partial charge in [0.25, 0.3) is 0 Å². The molecular formula is C27H29AsN7O4. The number of hydrogen-bond donors (Lipinski definition) is 0. The summed E-state index contributed by atoms with van der Waals surface area (Å²) < 4.78 is 20.3. The van der Waals surface area contributed by atoms with Gasteiger partial charge in [-0.1, -0.05) is 0 Å². The van der Waals surface area contributed by atoms with Crippen molar-refractivity contribution < 1.29 is 18.8 Å². The maximum absolute atomic E-state index is 12.9. The Bertz CT molecular complexity index is 1550. The summed E-state index contributed by atoms with van der Waals surface area (Å²) in [6.07, 6.45) is 4.58. The third-order valence-electron chi connectivity index (χ3n) is 5.91. The molecule has 1 atom stereocenters. The van der Waals surface area contributed by atoms with Gasteiger partial charge in [0.15, 0.2) is 0 Å². The van der Waals surface area contributed by atoms with E-state index < -0.39 is 17.7 Å². The van der Waals surface area contributed by atoms with E-state index in [1.54, 1.807) is 28.0 Å². The molecule has 0 aliphatic carbocycles. The van der Waals surface area contributed by atoms with Crippen LogP contribution in [0, 0.1) is 11.3 Å². The number of pyridine rings is 2. The third kappa shape index (κ3) is 5.82. The molecule has 0 aromatic carbocycles. The minimum absolute atomic E-state index is 0.236. The molecule has 5 heterocycles. The van der Waals surface area contributed by atoms with Crippen molar-refractivity contribution in [2.45, 2.75) is 51.0 Å². The zero-order valence-corrected chi connectivity index (χ0v) is 24.3. The summed E-state index contributed by atoms with van der Waals surface area (Å²) in [6.45, 7) is 11.0. The van der Waals surface area contributed by atoms with Crippen molar-refractivity contribution in [2.75, 3.05) is 19.8 Å². The molecule has 4 aromatic heterocycles. The average molecular weight is 590 g/mol. The summed E-state index contributed by atoms with van der Waals surface area (Å²) >= 11 is -0.236.